The van der Waals surface area contributed by atoms with Gasteiger partial charge in [-0.05, 0) is 29.3 Å². The number of imidazole rings is 1. The minimum absolute atomic E-state index is 0.568. The second kappa shape index (κ2) is 12.4. The third kappa shape index (κ3) is 4.97. The summed E-state index contributed by atoms with van der Waals surface area (Å²) in [5.74, 6) is -0.621. The maximum absolute atomic E-state index is 7.21. The van der Waals surface area contributed by atoms with Gasteiger partial charge in [-0.25, -0.2) is 9.98 Å². The van der Waals surface area contributed by atoms with Crippen molar-refractivity contribution in [1.29, 1.82) is 0 Å². The van der Waals surface area contributed by atoms with Gasteiger partial charge in [0.05, 0.1) is 16.4 Å². The average molecular weight is 662 g/mol. The molecule has 8 rings (SSSR count). The molecule has 2 heterocycles. The topological polar surface area (TPSA) is 42.2 Å². The number of aromatic nitrogens is 2. The van der Waals surface area contributed by atoms with Crippen LogP contribution >= 0.6 is 23.2 Å². The van der Waals surface area contributed by atoms with Crippen molar-refractivity contribution in [3.63, 3.8) is 0 Å². The highest BCUT2D eigenvalue weighted by molar-refractivity contribution is 6.33. The molecule has 0 saturated heterocycles. The molecule has 6 aromatic carbocycles. The summed E-state index contributed by atoms with van der Waals surface area (Å²) in [5.41, 5.74) is 6.42. The van der Waals surface area contributed by atoms with Gasteiger partial charge in [0.1, 0.15) is 11.4 Å². The lowest BCUT2D eigenvalue weighted by molar-refractivity contribution is 0.279. The molecule has 1 N–H and O–H groups in total. The van der Waals surface area contributed by atoms with Crippen molar-refractivity contribution in [2.24, 2.45) is 4.99 Å². The molecule has 6 heteroatoms. The zero-order chi connectivity index (χ0) is 32.6. The van der Waals surface area contributed by atoms with Crippen LogP contribution in [0.2, 0.25) is 10.0 Å². The van der Waals surface area contributed by atoms with Gasteiger partial charge in [-0.3, -0.25) is 9.88 Å². The average Bonchev–Trinajstić information content (AvgIpc) is 3.75. The van der Waals surface area contributed by atoms with Crippen LogP contribution in [0.1, 0.15) is 16.7 Å². The summed E-state index contributed by atoms with van der Waals surface area (Å²) in [6.45, 7) is 0. The van der Waals surface area contributed by atoms with Crippen molar-refractivity contribution in [3.8, 4) is 33.9 Å². The van der Waals surface area contributed by atoms with Crippen LogP contribution in [0.25, 0.3) is 33.9 Å². The van der Waals surface area contributed by atoms with Crippen molar-refractivity contribution in [2.75, 3.05) is 0 Å². The highest BCUT2D eigenvalue weighted by atomic mass is 35.5. The number of nitrogens with zero attached hydrogens (tertiary/aromatic N) is 3. The molecule has 1 aliphatic heterocycles. The Kier molecular flexibility index (Phi) is 7.78. The first kappa shape index (κ1) is 30.1. The summed E-state index contributed by atoms with van der Waals surface area (Å²) >= 11 is 14.2. The SMILES string of the molecule is Clc1ccccc1-c1nc(-c2ccccc2)c(-c2ccccc2)n1C1(c2ccccc2Cl)N=CC(c2ccccc2)(c2ccccc2)N1. The number of hydrogen-bond donors (Lipinski definition) is 1. The normalized spacial score (nSPS) is 16.6. The third-order valence-corrected chi connectivity index (χ3v) is 9.59. The van der Waals surface area contributed by atoms with Crippen LogP contribution in [0.3, 0.4) is 0 Å². The molecule has 0 bridgehead atoms. The Morgan fingerprint density at radius 1 is 0.521 bits per heavy atom. The fourth-order valence-electron chi connectivity index (χ4n) is 6.72. The van der Waals surface area contributed by atoms with Crippen molar-refractivity contribution in [1.82, 2.24) is 14.9 Å². The fourth-order valence-corrected chi connectivity index (χ4v) is 7.21. The lowest BCUT2D eigenvalue weighted by Crippen LogP contribution is -2.53. The van der Waals surface area contributed by atoms with E-state index in [9.17, 15) is 0 Å². The molecule has 1 unspecified atom stereocenters. The Morgan fingerprint density at radius 2 is 1.02 bits per heavy atom. The summed E-state index contributed by atoms with van der Waals surface area (Å²) in [5, 5.41) is 5.25. The van der Waals surface area contributed by atoms with Crippen LogP contribution in [-0.2, 0) is 11.3 Å². The number of aliphatic imine (C=N–C) groups is 1. The first-order valence-corrected chi connectivity index (χ1v) is 16.6. The van der Waals surface area contributed by atoms with E-state index >= 15 is 0 Å². The molecule has 1 atom stereocenters. The molecule has 0 fully saturated rings. The number of rotatable bonds is 7. The summed E-state index contributed by atoms with van der Waals surface area (Å²) in [7, 11) is 0. The van der Waals surface area contributed by atoms with E-state index in [0.717, 1.165) is 44.8 Å². The molecule has 0 radical (unpaired) electrons. The highest BCUT2D eigenvalue weighted by Gasteiger charge is 2.52. The lowest BCUT2D eigenvalue weighted by atomic mass is 9.84. The van der Waals surface area contributed by atoms with E-state index in [1.54, 1.807) is 0 Å². The number of hydrogen-bond acceptors (Lipinski definition) is 3. The largest absolute Gasteiger partial charge is 0.281 e. The molecule has 1 aromatic heterocycles. The highest BCUT2D eigenvalue weighted by Crippen LogP contribution is 2.49. The van der Waals surface area contributed by atoms with Crippen molar-refractivity contribution in [2.45, 2.75) is 11.3 Å². The Morgan fingerprint density at radius 3 is 1.60 bits per heavy atom. The van der Waals surface area contributed by atoms with Gasteiger partial charge in [0.2, 0.25) is 5.79 Å². The summed E-state index contributed by atoms with van der Waals surface area (Å²) < 4.78 is 2.19. The smallest absolute Gasteiger partial charge is 0.222 e. The second-order valence-electron chi connectivity index (χ2n) is 11.8. The van der Waals surface area contributed by atoms with E-state index in [1.807, 2.05) is 103 Å². The predicted octanol–water partition coefficient (Wildman–Crippen LogP) is 10.5. The van der Waals surface area contributed by atoms with Gasteiger partial charge in [-0.2, -0.15) is 0 Å². The molecule has 4 nitrogen and oxygen atoms in total. The number of nitrogens with one attached hydrogen (secondary N) is 1. The zero-order valence-corrected chi connectivity index (χ0v) is 27.4. The number of halogens is 2. The monoisotopic (exact) mass is 660 g/mol. The third-order valence-electron chi connectivity index (χ3n) is 8.93. The maximum Gasteiger partial charge on any atom is 0.222 e. The summed E-state index contributed by atoms with van der Waals surface area (Å²) in [6.07, 6.45) is 2.02. The fraction of sp³-hybridized carbons (Fsp3) is 0.0476. The molecule has 1 aliphatic rings. The van der Waals surface area contributed by atoms with Gasteiger partial charge >= 0.3 is 0 Å². The molecular weight excluding hydrogens is 631 g/mol. The molecular formula is C42H30Cl2N4. The standard InChI is InChI=1S/C42H30Cl2N4/c43-36-27-15-13-25-34(36)40-46-38(30-17-5-1-6-18-30)39(31-19-7-2-8-20-31)48(40)42(35-26-14-16-28-37(35)44)45-29-41(47-42,32-21-9-3-10-22-32)33-23-11-4-12-24-33/h1-29,47H. The molecule has 48 heavy (non-hydrogen) atoms. The van der Waals surface area contributed by atoms with E-state index in [0.29, 0.717) is 15.9 Å². The molecule has 7 aromatic rings. The lowest BCUT2D eigenvalue weighted by Gasteiger charge is -2.39. The Labute approximate surface area is 290 Å². The van der Waals surface area contributed by atoms with Crippen molar-refractivity contribution in [3.05, 3.63) is 197 Å². The van der Waals surface area contributed by atoms with E-state index in [-0.39, 0.29) is 0 Å². The Hall–Kier alpha value is -5.26. The van der Waals surface area contributed by atoms with Crippen LogP contribution in [0.4, 0.5) is 0 Å². The van der Waals surface area contributed by atoms with Crippen LogP contribution in [0.15, 0.2) is 175 Å². The van der Waals surface area contributed by atoms with Crippen LogP contribution in [0, 0.1) is 0 Å². The molecule has 0 saturated carbocycles. The van der Waals surface area contributed by atoms with Gasteiger partial charge in [0.15, 0.2) is 0 Å². The van der Waals surface area contributed by atoms with Gasteiger partial charge in [-0.15, -0.1) is 0 Å². The van der Waals surface area contributed by atoms with Crippen molar-refractivity contribution < 1.29 is 0 Å². The van der Waals surface area contributed by atoms with E-state index in [2.05, 4.69) is 82.7 Å². The van der Waals surface area contributed by atoms with E-state index in [1.165, 1.54) is 0 Å². The zero-order valence-electron chi connectivity index (χ0n) is 25.8. The minimum Gasteiger partial charge on any atom is -0.281 e. The number of benzene rings is 6. The van der Waals surface area contributed by atoms with Gasteiger partial charge in [0.25, 0.3) is 0 Å². The molecule has 0 spiro atoms. The molecule has 232 valence electrons. The first-order chi connectivity index (χ1) is 23.6. The minimum atomic E-state index is -1.27. The van der Waals surface area contributed by atoms with E-state index < -0.39 is 11.3 Å². The predicted molar refractivity (Wildman–Crippen MR) is 197 cm³/mol. The van der Waals surface area contributed by atoms with Crippen molar-refractivity contribution >= 4 is 29.4 Å². The van der Waals surface area contributed by atoms with E-state index in [4.69, 9.17) is 33.2 Å². The maximum atomic E-state index is 7.21. The quantitative estimate of drug-likeness (QED) is 0.185. The van der Waals surface area contributed by atoms with Gasteiger partial charge < -0.3 is 0 Å². The van der Waals surface area contributed by atoms with Crippen LogP contribution in [0.5, 0.6) is 0 Å². The summed E-state index contributed by atoms with van der Waals surface area (Å²) in [6, 6.07) is 57.1. The van der Waals surface area contributed by atoms with Crippen LogP contribution < -0.4 is 5.32 Å². The Balaban J connectivity index is 1.53. The summed E-state index contributed by atoms with van der Waals surface area (Å²) in [4.78, 5) is 11.0. The van der Waals surface area contributed by atoms with Gasteiger partial charge in [0, 0.05) is 33.5 Å². The first-order valence-electron chi connectivity index (χ1n) is 15.8. The molecule has 0 aliphatic carbocycles. The van der Waals surface area contributed by atoms with Crippen LogP contribution in [-0.4, -0.2) is 15.8 Å². The van der Waals surface area contributed by atoms with Gasteiger partial charge in [-0.1, -0.05) is 175 Å². The molecule has 0 amide bonds. The Bertz CT molecular complexity index is 2190. The second-order valence-corrected chi connectivity index (χ2v) is 12.6.